The van der Waals surface area contributed by atoms with Gasteiger partial charge in [-0.2, -0.15) is 0 Å². The van der Waals surface area contributed by atoms with Gasteiger partial charge in [0, 0.05) is 6.08 Å². The van der Waals surface area contributed by atoms with E-state index in [0.717, 1.165) is 12.8 Å². The molecule has 140 valence electrons. The summed E-state index contributed by atoms with van der Waals surface area (Å²) in [5.41, 5.74) is 0. The van der Waals surface area contributed by atoms with Crippen molar-refractivity contribution in [2.45, 2.75) is 110 Å². The molecule has 0 unspecified atom stereocenters. The highest BCUT2D eigenvalue weighted by atomic mass is 16.4. The smallest absolute Gasteiger partial charge is 0.327 e. The summed E-state index contributed by atoms with van der Waals surface area (Å²) in [5.74, 6) is -0.856. The Morgan fingerprint density at radius 2 is 1.04 bits per heavy atom. The van der Waals surface area contributed by atoms with E-state index in [-0.39, 0.29) is 0 Å². The van der Waals surface area contributed by atoms with Crippen molar-refractivity contribution < 1.29 is 9.90 Å². The van der Waals surface area contributed by atoms with E-state index in [1.807, 2.05) is 0 Å². The molecular formula is C22H40O2. The molecule has 0 spiro atoms. The van der Waals surface area contributed by atoms with Crippen molar-refractivity contribution in [3.8, 4) is 0 Å². The first kappa shape index (κ1) is 22.9. The summed E-state index contributed by atoms with van der Waals surface area (Å²) in [6.07, 6.45) is 28.5. The average Bonchev–Trinajstić information content (AvgIpc) is 2.56. The lowest BCUT2D eigenvalue weighted by molar-refractivity contribution is -0.131. The second-order valence-electron chi connectivity index (χ2n) is 6.82. The van der Waals surface area contributed by atoms with E-state index in [9.17, 15) is 4.79 Å². The van der Waals surface area contributed by atoms with E-state index < -0.39 is 5.97 Å². The summed E-state index contributed by atoms with van der Waals surface area (Å²) in [6, 6.07) is 0. The van der Waals surface area contributed by atoms with Crippen molar-refractivity contribution in [3.63, 3.8) is 0 Å². The van der Waals surface area contributed by atoms with Gasteiger partial charge < -0.3 is 5.11 Å². The number of unbranched alkanes of at least 4 members (excludes halogenated alkanes) is 14. The highest BCUT2D eigenvalue weighted by Gasteiger charge is 1.93. The second kappa shape index (κ2) is 20.0. The minimum Gasteiger partial charge on any atom is -0.478 e. The predicted octanol–water partition coefficient (Wildman–Crippen LogP) is 7.44. The van der Waals surface area contributed by atoms with Gasteiger partial charge in [0.2, 0.25) is 0 Å². The molecule has 0 heterocycles. The molecule has 0 fully saturated rings. The van der Waals surface area contributed by atoms with Crippen LogP contribution in [-0.2, 0) is 4.79 Å². The number of allylic oxidation sites excluding steroid dienone is 3. The van der Waals surface area contributed by atoms with Crippen LogP contribution >= 0.6 is 0 Å². The molecule has 0 aliphatic rings. The van der Waals surface area contributed by atoms with Gasteiger partial charge >= 0.3 is 5.97 Å². The quantitative estimate of drug-likeness (QED) is 0.160. The zero-order valence-electron chi connectivity index (χ0n) is 16.0. The largest absolute Gasteiger partial charge is 0.478 e. The van der Waals surface area contributed by atoms with Crippen LogP contribution in [0.5, 0.6) is 0 Å². The highest BCUT2D eigenvalue weighted by molar-refractivity contribution is 5.79. The Balaban J connectivity index is 3.11. The summed E-state index contributed by atoms with van der Waals surface area (Å²) in [7, 11) is 0. The fourth-order valence-electron chi connectivity index (χ4n) is 2.89. The van der Waals surface area contributed by atoms with E-state index in [4.69, 9.17) is 5.11 Å². The first-order valence-electron chi connectivity index (χ1n) is 10.3. The number of hydrogen-bond donors (Lipinski definition) is 1. The maximum Gasteiger partial charge on any atom is 0.327 e. The maximum absolute atomic E-state index is 10.3. The van der Waals surface area contributed by atoms with Crippen molar-refractivity contribution in [1.29, 1.82) is 0 Å². The van der Waals surface area contributed by atoms with Crippen LogP contribution in [0.1, 0.15) is 110 Å². The van der Waals surface area contributed by atoms with Gasteiger partial charge in [0.05, 0.1) is 0 Å². The zero-order chi connectivity index (χ0) is 17.7. The number of rotatable bonds is 18. The SMILES string of the molecule is CCCCCCCCCCCCCCCC=CCCC=CC(=O)O. The summed E-state index contributed by atoms with van der Waals surface area (Å²) >= 11 is 0. The lowest BCUT2D eigenvalue weighted by atomic mass is 10.0. The third-order valence-corrected chi connectivity index (χ3v) is 4.40. The van der Waals surface area contributed by atoms with Gasteiger partial charge in [0.25, 0.3) is 0 Å². The molecule has 1 N–H and O–H groups in total. The van der Waals surface area contributed by atoms with E-state index in [2.05, 4.69) is 19.1 Å². The van der Waals surface area contributed by atoms with Crippen molar-refractivity contribution in [2.24, 2.45) is 0 Å². The Labute approximate surface area is 150 Å². The van der Waals surface area contributed by atoms with Crippen LogP contribution in [0.3, 0.4) is 0 Å². The van der Waals surface area contributed by atoms with Crippen LogP contribution in [0.25, 0.3) is 0 Å². The van der Waals surface area contributed by atoms with E-state index in [1.165, 1.54) is 96.0 Å². The van der Waals surface area contributed by atoms with E-state index in [0.29, 0.717) is 0 Å². The minimum absolute atomic E-state index is 0.821. The van der Waals surface area contributed by atoms with Crippen molar-refractivity contribution in [1.82, 2.24) is 0 Å². The monoisotopic (exact) mass is 336 g/mol. The molecule has 24 heavy (non-hydrogen) atoms. The third-order valence-electron chi connectivity index (χ3n) is 4.40. The lowest BCUT2D eigenvalue weighted by Crippen LogP contribution is -1.85. The molecule has 0 saturated carbocycles. The van der Waals surface area contributed by atoms with Gasteiger partial charge in [-0.3, -0.25) is 0 Å². The molecule has 0 aliphatic carbocycles. The molecule has 0 aromatic carbocycles. The van der Waals surface area contributed by atoms with Gasteiger partial charge in [-0.05, 0) is 25.7 Å². The van der Waals surface area contributed by atoms with Crippen molar-refractivity contribution >= 4 is 5.97 Å². The molecule has 0 bridgehead atoms. The van der Waals surface area contributed by atoms with Crippen LogP contribution < -0.4 is 0 Å². The van der Waals surface area contributed by atoms with Gasteiger partial charge in [-0.1, -0.05) is 102 Å². The first-order chi connectivity index (χ1) is 11.8. The molecule has 0 rings (SSSR count). The highest BCUT2D eigenvalue weighted by Crippen LogP contribution is 2.13. The van der Waals surface area contributed by atoms with Crippen LogP contribution in [-0.4, -0.2) is 11.1 Å². The number of carboxylic acids is 1. The van der Waals surface area contributed by atoms with Crippen LogP contribution in [0.4, 0.5) is 0 Å². The van der Waals surface area contributed by atoms with Crippen molar-refractivity contribution in [3.05, 3.63) is 24.3 Å². The Bertz CT molecular complexity index is 318. The summed E-state index contributed by atoms with van der Waals surface area (Å²) < 4.78 is 0. The predicted molar refractivity (Wildman–Crippen MR) is 105 cm³/mol. The minimum atomic E-state index is -0.856. The molecule has 2 nitrogen and oxygen atoms in total. The molecule has 0 aromatic rings. The third kappa shape index (κ3) is 20.9. The maximum atomic E-state index is 10.3. The summed E-state index contributed by atoms with van der Waals surface area (Å²) in [4.78, 5) is 10.3. The molecular weight excluding hydrogens is 296 g/mol. The summed E-state index contributed by atoms with van der Waals surface area (Å²) in [5, 5.41) is 8.45. The van der Waals surface area contributed by atoms with E-state index >= 15 is 0 Å². The Hall–Kier alpha value is -1.05. The van der Waals surface area contributed by atoms with Gasteiger partial charge in [-0.15, -0.1) is 0 Å². The second-order valence-corrected chi connectivity index (χ2v) is 6.82. The normalized spacial score (nSPS) is 11.7. The fraction of sp³-hybridized carbons (Fsp3) is 0.773. The molecule has 0 aliphatic heterocycles. The first-order valence-corrected chi connectivity index (χ1v) is 10.3. The average molecular weight is 337 g/mol. The van der Waals surface area contributed by atoms with Crippen LogP contribution in [0, 0.1) is 0 Å². The van der Waals surface area contributed by atoms with Gasteiger partial charge in [-0.25, -0.2) is 4.79 Å². The van der Waals surface area contributed by atoms with Crippen molar-refractivity contribution in [2.75, 3.05) is 0 Å². The number of hydrogen-bond acceptors (Lipinski definition) is 1. The van der Waals surface area contributed by atoms with Crippen LogP contribution in [0.2, 0.25) is 0 Å². The summed E-state index contributed by atoms with van der Waals surface area (Å²) in [6.45, 7) is 2.28. The van der Waals surface area contributed by atoms with Gasteiger partial charge in [0.1, 0.15) is 0 Å². The van der Waals surface area contributed by atoms with Gasteiger partial charge in [0.15, 0.2) is 0 Å². The standard InChI is InChI=1S/C22H40O2/c1-2-3-4-5-6-7-8-9-10-11-12-13-14-15-16-17-18-19-20-21-22(23)24/h16-17,20-21H,2-15,18-19H2,1H3,(H,23,24). The molecule has 0 saturated heterocycles. The molecule has 0 amide bonds. The Morgan fingerprint density at radius 3 is 1.54 bits per heavy atom. The number of aliphatic carboxylic acids is 1. The number of carboxylic acid groups (broad SMARTS) is 1. The van der Waals surface area contributed by atoms with E-state index in [1.54, 1.807) is 6.08 Å². The van der Waals surface area contributed by atoms with Crippen LogP contribution in [0.15, 0.2) is 24.3 Å². The molecule has 2 heteroatoms. The lowest BCUT2D eigenvalue weighted by Gasteiger charge is -2.02. The zero-order valence-corrected chi connectivity index (χ0v) is 16.0. The number of carbonyl (C=O) groups is 1. The topological polar surface area (TPSA) is 37.3 Å². The fourth-order valence-corrected chi connectivity index (χ4v) is 2.89. The molecule has 0 atom stereocenters. The Morgan fingerprint density at radius 1 is 0.625 bits per heavy atom. The molecule has 0 radical (unpaired) electrons. The Kier molecular flexibility index (Phi) is 19.1. The molecule has 0 aromatic heterocycles.